The fourth-order valence-electron chi connectivity index (χ4n) is 3.14. The SMILES string of the molecule is O=c1c2ccc(C(F)(F)F)cc2cc(-c2ccccc2)n1-c1cccc[n+]1[O-]. The van der Waals surface area contributed by atoms with Gasteiger partial charge in [0.2, 0.25) is 0 Å². The number of rotatable bonds is 2. The highest BCUT2D eigenvalue weighted by Gasteiger charge is 2.31. The normalized spacial score (nSPS) is 11.7. The van der Waals surface area contributed by atoms with Crippen LogP contribution in [0.15, 0.2) is 83.8 Å². The third-order valence-corrected chi connectivity index (χ3v) is 4.45. The van der Waals surface area contributed by atoms with Crippen molar-refractivity contribution in [2.75, 3.05) is 0 Å². The molecule has 4 aromatic rings. The highest BCUT2D eigenvalue weighted by molar-refractivity contribution is 5.86. The van der Waals surface area contributed by atoms with Crippen molar-refractivity contribution in [3.63, 3.8) is 0 Å². The number of aromatic nitrogens is 2. The summed E-state index contributed by atoms with van der Waals surface area (Å²) in [6, 6.07) is 17.8. The molecule has 0 aliphatic rings. The molecular weight excluding hydrogens is 369 g/mol. The summed E-state index contributed by atoms with van der Waals surface area (Å²) in [5.74, 6) is 0.0631. The van der Waals surface area contributed by atoms with Gasteiger partial charge in [-0.05, 0) is 35.7 Å². The Bertz CT molecular complexity index is 1230. The number of benzene rings is 2. The van der Waals surface area contributed by atoms with Gasteiger partial charge in [-0.25, -0.2) is 9.52 Å². The van der Waals surface area contributed by atoms with Gasteiger partial charge < -0.3 is 5.21 Å². The predicted molar refractivity (Wildman–Crippen MR) is 98.9 cm³/mol. The van der Waals surface area contributed by atoms with Gasteiger partial charge in [0.05, 0.1) is 17.1 Å². The second kappa shape index (κ2) is 6.53. The Balaban J connectivity index is 2.11. The third-order valence-electron chi connectivity index (χ3n) is 4.45. The second-order valence-corrected chi connectivity index (χ2v) is 6.22. The summed E-state index contributed by atoms with van der Waals surface area (Å²) in [4.78, 5) is 13.2. The lowest BCUT2D eigenvalue weighted by Gasteiger charge is -2.13. The molecule has 2 aromatic carbocycles. The first-order chi connectivity index (χ1) is 13.4. The van der Waals surface area contributed by atoms with Crippen molar-refractivity contribution in [3.8, 4) is 17.1 Å². The quantitative estimate of drug-likeness (QED) is 0.383. The highest BCUT2D eigenvalue weighted by Crippen LogP contribution is 2.32. The van der Waals surface area contributed by atoms with Crippen molar-refractivity contribution in [3.05, 3.63) is 100 Å². The molecule has 2 aromatic heterocycles. The van der Waals surface area contributed by atoms with Gasteiger partial charge in [-0.15, -0.1) is 0 Å². The van der Waals surface area contributed by atoms with E-state index in [1.54, 1.807) is 36.4 Å². The van der Waals surface area contributed by atoms with Crippen molar-refractivity contribution < 1.29 is 17.9 Å². The van der Waals surface area contributed by atoms with Gasteiger partial charge in [0.1, 0.15) is 5.69 Å². The smallest absolute Gasteiger partial charge is 0.416 e. The van der Waals surface area contributed by atoms with Gasteiger partial charge in [-0.2, -0.15) is 17.7 Å². The van der Waals surface area contributed by atoms with E-state index in [4.69, 9.17) is 0 Å². The number of hydrogen-bond donors (Lipinski definition) is 0. The molecule has 0 fully saturated rings. The van der Waals surface area contributed by atoms with Crippen molar-refractivity contribution in [2.45, 2.75) is 6.18 Å². The minimum absolute atomic E-state index is 0.0631. The molecule has 28 heavy (non-hydrogen) atoms. The van der Waals surface area contributed by atoms with Gasteiger partial charge in [-0.1, -0.05) is 36.4 Å². The van der Waals surface area contributed by atoms with Crippen LogP contribution >= 0.6 is 0 Å². The average molecular weight is 382 g/mol. The molecule has 0 unspecified atom stereocenters. The van der Waals surface area contributed by atoms with Crippen molar-refractivity contribution in [1.82, 2.24) is 4.57 Å². The first kappa shape index (κ1) is 17.8. The molecule has 4 rings (SSSR count). The van der Waals surface area contributed by atoms with Gasteiger partial charge in [0.15, 0.2) is 0 Å². The van der Waals surface area contributed by atoms with Crippen LogP contribution in [0.3, 0.4) is 0 Å². The van der Waals surface area contributed by atoms with Gasteiger partial charge in [0.25, 0.3) is 5.82 Å². The molecule has 0 atom stereocenters. The summed E-state index contributed by atoms with van der Waals surface area (Å²) in [5, 5.41) is 12.5. The Hall–Kier alpha value is -3.61. The number of halogens is 3. The lowest BCUT2D eigenvalue weighted by atomic mass is 10.0. The Morgan fingerprint density at radius 3 is 2.29 bits per heavy atom. The van der Waals surface area contributed by atoms with Crippen LogP contribution in [0.1, 0.15) is 5.56 Å². The maximum atomic E-state index is 13.2. The summed E-state index contributed by atoms with van der Waals surface area (Å²) < 4.78 is 41.1. The van der Waals surface area contributed by atoms with Crippen molar-refractivity contribution in [2.24, 2.45) is 0 Å². The largest absolute Gasteiger partial charge is 0.711 e. The fraction of sp³-hybridized carbons (Fsp3) is 0.0476. The molecular formula is C21H13F3N2O2. The molecule has 0 amide bonds. The van der Waals surface area contributed by atoms with Crippen LogP contribution in [0, 0.1) is 5.21 Å². The van der Waals surface area contributed by atoms with Crippen molar-refractivity contribution >= 4 is 10.8 Å². The van der Waals surface area contributed by atoms with Gasteiger partial charge in [-0.3, -0.25) is 0 Å². The Morgan fingerprint density at radius 1 is 0.893 bits per heavy atom. The Kier molecular flexibility index (Phi) is 4.15. The van der Waals surface area contributed by atoms with Crippen LogP contribution in [0.2, 0.25) is 0 Å². The first-order valence-electron chi connectivity index (χ1n) is 8.37. The zero-order valence-electron chi connectivity index (χ0n) is 14.4. The Morgan fingerprint density at radius 2 is 1.61 bits per heavy atom. The monoisotopic (exact) mass is 382 g/mol. The highest BCUT2D eigenvalue weighted by atomic mass is 19.4. The van der Waals surface area contributed by atoms with E-state index in [9.17, 15) is 23.2 Å². The zero-order valence-corrected chi connectivity index (χ0v) is 14.4. The van der Waals surface area contributed by atoms with Crippen LogP contribution in [0.25, 0.3) is 27.8 Å². The summed E-state index contributed by atoms with van der Waals surface area (Å²) in [6.07, 6.45) is -3.26. The van der Waals surface area contributed by atoms with E-state index in [0.717, 1.165) is 18.2 Å². The third kappa shape index (κ3) is 3.00. The van der Waals surface area contributed by atoms with Crippen LogP contribution in [0.5, 0.6) is 0 Å². The topological polar surface area (TPSA) is 48.9 Å². The van der Waals surface area contributed by atoms with E-state index in [0.29, 0.717) is 16.0 Å². The number of alkyl halides is 3. The summed E-state index contributed by atoms with van der Waals surface area (Å²) in [7, 11) is 0. The summed E-state index contributed by atoms with van der Waals surface area (Å²) in [5.41, 5.74) is -0.480. The lowest BCUT2D eigenvalue weighted by Crippen LogP contribution is -2.36. The molecule has 7 heteroatoms. The molecule has 0 saturated carbocycles. The maximum absolute atomic E-state index is 13.2. The fourth-order valence-corrected chi connectivity index (χ4v) is 3.14. The standard InChI is InChI=1S/C21H13F3N2O2/c22-21(23,24)16-9-10-17-15(12-16)13-18(14-6-2-1-3-7-14)26(20(17)27)19-8-4-5-11-25(19)28/h1-13H. The predicted octanol–water partition coefficient (Wildman–Crippen LogP) is 4.31. The Labute approximate surface area is 157 Å². The second-order valence-electron chi connectivity index (χ2n) is 6.22. The van der Waals surface area contributed by atoms with Crippen LogP contribution in [-0.2, 0) is 6.18 Å². The van der Waals surface area contributed by atoms with E-state index in [1.165, 1.54) is 29.0 Å². The summed E-state index contributed by atoms with van der Waals surface area (Å²) in [6.45, 7) is 0. The molecule has 2 heterocycles. The maximum Gasteiger partial charge on any atom is 0.416 e. The van der Waals surface area contributed by atoms with Crippen LogP contribution < -0.4 is 10.3 Å². The molecule has 140 valence electrons. The number of pyridine rings is 2. The average Bonchev–Trinajstić information content (AvgIpc) is 2.68. The lowest BCUT2D eigenvalue weighted by molar-refractivity contribution is -0.599. The van der Waals surface area contributed by atoms with Gasteiger partial charge in [0, 0.05) is 11.6 Å². The van der Waals surface area contributed by atoms with E-state index < -0.39 is 17.3 Å². The number of hydrogen-bond acceptors (Lipinski definition) is 2. The molecule has 0 radical (unpaired) electrons. The van der Waals surface area contributed by atoms with Crippen LogP contribution in [0.4, 0.5) is 13.2 Å². The van der Waals surface area contributed by atoms with Crippen LogP contribution in [-0.4, -0.2) is 4.57 Å². The molecule has 0 saturated heterocycles. The molecule has 4 nitrogen and oxygen atoms in total. The minimum atomic E-state index is -4.52. The first-order valence-corrected chi connectivity index (χ1v) is 8.37. The summed E-state index contributed by atoms with van der Waals surface area (Å²) >= 11 is 0. The molecule has 0 aliphatic carbocycles. The molecule has 0 N–H and O–H groups in total. The molecule has 0 spiro atoms. The van der Waals surface area contributed by atoms with E-state index in [2.05, 4.69) is 0 Å². The minimum Gasteiger partial charge on any atom is -0.711 e. The van der Waals surface area contributed by atoms with E-state index in [1.807, 2.05) is 0 Å². The van der Waals surface area contributed by atoms with E-state index >= 15 is 0 Å². The molecule has 0 bridgehead atoms. The zero-order chi connectivity index (χ0) is 19.9. The van der Waals surface area contributed by atoms with E-state index in [-0.39, 0.29) is 16.6 Å². The van der Waals surface area contributed by atoms with Crippen molar-refractivity contribution in [1.29, 1.82) is 0 Å². The van der Waals surface area contributed by atoms with Gasteiger partial charge >= 0.3 is 11.7 Å². The number of nitrogens with zero attached hydrogens (tertiary/aromatic N) is 2. The molecule has 0 aliphatic heterocycles. The number of fused-ring (bicyclic) bond motifs is 1.